The Hall–Kier alpha value is -2.56. The summed E-state index contributed by atoms with van der Waals surface area (Å²) in [5.74, 6) is 0.708. The number of aryl methyl sites for hydroxylation is 1. The Morgan fingerprint density at radius 3 is 2.46 bits per heavy atom. The molecular weight excluding hydrogens is 300 g/mol. The lowest BCUT2D eigenvalue weighted by atomic mass is 9.95. The van der Waals surface area contributed by atoms with Crippen LogP contribution in [0.5, 0.6) is 0 Å². The van der Waals surface area contributed by atoms with E-state index in [-0.39, 0.29) is 11.6 Å². The Balaban J connectivity index is 1.98. The van der Waals surface area contributed by atoms with E-state index in [1.54, 1.807) is 12.4 Å². The monoisotopic (exact) mass is 320 g/mol. The fourth-order valence-corrected chi connectivity index (χ4v) is 3.51. The number of rotatable bonds is 2. The minimum atomic E-state index is -0.0735. The molecule has 0 atom stereocenters. The minimum Gasteiger partial charge on any atom is -0.288 e. The highest BCUT2D eigenvalue weighted by atomic mass is 16.1. The zero-order valence-corrected chi connectivity index (χ0v) is 13.8. The van der Waals surface area contributed by atoms with Crippen molar-refractivity contribution >= 4 is 11.2 Å². The topological polar surface area (TPSA) is 60.7 Å². The lowest BCUT2D eigenvalue weighted by molar-refractivity contribution is 0.348. The van der Waals surface area contributed by atoms with E-state index in [9.17, 15) is 4.79 Å². The number of fused-ring (bicyclic) bond motifs is 1. The van der Waals surface area contributed by atoms with Crippen LogP contribution in [0, 0.1) is 6.92 Å². The molecule has 0 saturated heterocycles. The fourth-order valence-electron chi connectivity index (χ4n) is 3.51. The van der Waals surface area contributed by atoms with Gasteiger partial charge in [0, 0.05) is 24.0 Å². The van der Waals surface area contributed by atoms with Crippen molar-refractivity contribution in [3.63, 3.8) is 0 Å². The van der Waals surface area contributed by atoms with Gasteiger partial charge in [-0.3, -0.25) is 9.36 Å². The first-order chi connectivity index (χ1) is 11.7. The highest BCUT2D eigenvalue weighted by Gasteiger charge is 2.23. The van der Waals surface area contributed by atoms with E-state index in [0.717, 1.165) is 31.2 Å². The van der Waals surface area contributed by atoms with Crippen LogP contribution in [0.15, 0.2) is 41.5 Å². The Kier molecular flexibility index (Phi) is 3.84. The van der Waals surface area contributed by atoms with Gasteiger partial charge in [0.2, 0.25) is 0 Å². The van der Waals surface area contributed by atoms with Crippen LogP contribution < -0.4 is 5.56 Å². The molecule has 5 heteroatoms. The van der Waals surface area contributed by atoms with Crippen LogP contribution in [0.3, 0.4) is 0 Å². The lowest BCUT2D eigenvalue weighted by Gasteiger charge is -2.26. The highest BCUT2D eigenvalue weighted by molar-refractivity contribution is 5.71. The molecule has 4 rings (SSSR count). The number of hydrogen-bond acceptors (Lipinski definition) is 4. The van der Waals surface area contributed by atoms with Gasteiger partial charge in [-0.2, -0.15) is 0 Å². The van der Waals surface area contributed by atoms with Gasteiger partial charge < -0.3 is 0 Å². The van der Waals surface area contributed by atoms with Crippen LogP contribution in [0.1, 0.15) is 43.7 Å². The van der Waals surface area contributed by atoms with Gasteiger partial charge in [-0.05, 0) is 19.8 Å². The third kappa shape index (κ3) is 2.60. The molecule has 24 heavy (non-hydrogen) atoms. The van der Waals surface area contributed by atoms with Gasteiger partial charge in [0.25, 0.3) is 5.56 Å². The van der Waals surface area contributed by atoms with Crippen LogP contribution in [0.2, 0.25) is 0 Å². The Bertz CT molecular complexity index is 924. The maximum atomic E-state index is 13.1. The molecule has 0 aliphatic heterocycles. The SMILES string of the molecule is Cc1ccc(-c2nc3nccnc3c(=O)n2C2CCCCC2)cc1. The molecule has 0 unspecified atom stereocenters. The van der Waals surface area contributed by atoms with Crippen LogP contribution >= 0.6 is 0 Å². The summed E-state index contributed by atoms with van der Waals surface area (Å²) in [6, 6.07) is 8.35. The van der Waals surface area contributed by atoms with E-state index in [2.05, 4.69) is 16.9 Å². The summed E-state index contributed by atoms with van der Waals surface area (Å²) in [4.78, 5) is 26.3. The summed E-state index contributed by atoms with van der Waals surface area (Å²) in [7, 11) is 0. The second-order valence-electron chi connectivity index (χ2n) is 6.50. The first kappa shape index (κ1) is 15.0. The van der Waals surface area contributed by atoms with Gasteiger partial charge in [-0.15, -0.1) is 0 Å². The molecule has 0 spiro atoms. The zero-order valence-electron chi connectivity index (χ0n) is 13.8. The highest BCUT2D eigenvalue weighted by Crippen LogP contribution is 2.31. The van der Waals surface area contributed by atoms with Crippen molar-refractivity contribution in [1.82, 2.24) is 19.5 Å². The number of benzene rings is 1. The van der Waals surface area contributed by atoms with E-state index < -0.39 is 0 Å². The fraction of sp³-hybridized carbons (Fsp3) is 0.368. The van der Waals surface area contributed by atoms with Crippen molar-refractivity contribution < 1.29 is 0 Å². The smallest absolute Gasteiger partial charge is 0.282 e. The maximum absolute atomic E-state index is 13.1. The normalized spacial score (nSPS) is 15.7. The van der Waals surface area contributed by atoms with Gasteiger partial charge in [0.15, 0.2) is 11.2 Å². The van der Waals surface area contributed by atoms with E-state index in [4.69, 9.17) is 4.98 Å². The number of aromatic nitrogens is 4. The molecule has 0 N–H and O–H groups in total. The molecular formula is C19H20N4O. The zero-order chi connectivity index (χ0) is 16.5. The molecule has 122 valence electrons. The first-order valence-corrected chi connectivity index (χ1v) is 8.54. The van der Waals surface area contributed by atoms with Crippen LogP contribution in [-0.4, -0.2) is 19.5 Å². The van der Waals surface area contributed by atoms with Crippen molar-refractivity contribution in [3.05, 3.63) is 52.6 Å². The van der Waals surface area contributed by atoms with E-state index >= 15 is 0 Å². The summed E-state index contributed by atoms with van der Waals surface area (Å²) in [6.07, 6.45) is 8.73. The van der Waals surface area contributed by atoms with Gasteiger partial charge in [0.05, 0.1) is 0 Å². The molecule has 3 aromatic rings. The molecule has 1 aromatic carbocycles. The van der Waals surface area contributed by atoms with Crippen LogP contribution in [0.4, 0.5) is 0 Å². The number of hydrogen-bond donors (Lipinski definition) is 0. The average Bonchev–Trinajstić information content (AvgIpc) is 2.63. The molecule has 2 heterocycles. The van der Waals surface area contributed by atoms with Gasteiger partial charge >= 0.3 is 0 Å². The van der Waals surface area contributed by atoms with Crippen molar-refractivity contribution in [2.24, 2.45) is 0 Å². The molecule has 0 amide bonds. The third-order valence-electron chi connectivity index (χ3n) is 4.79. The predicted octanol–water partition coefficient (Wildman–Crippen LogP) is 3.67. The van der Waals surface area contributed by atoms with Crippen molar-refractivity contribution in [2.75, 3.05) is 0 Å². The first-order valence-electron chi connectivity index (χ1n) is 8.54. The van der Waals surface area contributed by atoms with E-state index in [1.165, 1.54) is 12.0 Å². The molecule has 1 saturated carbocycles. The van der Waals surface area contributed by atoms with Crippen molar-refractivity contribution in [2.45, 2.75) is 45.1 Å². The van der Waals surface area contributed by atoms with Gasteiger partial charge in [-0.25, -0.2) is 15.0 Å². The van der Waals surface area contributed by atoms with Crippen molar-refractivity contribution in [3.8, 4) is 11.4 Å². The van der Waals surface area contributed by atoms with E-state index in [1.807, 2.05) is 28.8 Å². The summed E-state index contributed by atoms with van der Waals surface area (Å²) >= 11 is 0. The lowest BCUT2D eigenvalue weighted by Crippen LogP contribution is -2.29. The summed E-state index contributed by atoms with van der Waals surface area (Å²) < 4.78 is 1.86. The molecule has 0 bridgehead atoms. The van der Waals surface area contributed by atoms with Crippen molar-refractivity contribution in [1.29, 1.82) is 0 Å². The Morgan fingerprint density at radius 1 is 1.00 bits per heavy atom. The summed E-state index contributed by atoms with van der Waals surface area (Å²) in [5, 5.41) is 0. The third-order valence-corrected chi connectivity index (χ3v) is 4.79. The molecule has 1 fully saturated rings. The largest absolute Gasteiger partial charge is 0.288 e. The van der Waals surface area contributed by atoms with Crippen LogP contribution in [0.25, 0.3) is 22.6 Å². The Labute approximate surface area is 140 Å². The van der Waals surface area contributed by atoms with Gasteiger partial charge in [0.1, 0.15) is 5.82 Å². The summed E-state index contributed by atoms with van der Waals surface area (Å²) in [5.41, 5.74) is 2.85. The second-order valence-corrected chi connectivity index (χ2v) is 6.50. The summed E-state index contributed by atoms with van der Waals surface area (Å²) in [6.45, 7) is 2.05. The Morgan fingerprint density at radius 2 is 1.71 bits per heavy atom. The molecule has 5 nitrogen and oxygen atoms in total. The quantitative estimate of drug-likeness (QED) is 0.723. The molecule has 0 radical (unpaired) electrons. The molecule has 1 aliphatic carbocycles. The van der Waals surface area contributed by atoms with E-state index in [0.29, 0.717) is 17.0 Å². The second kappa shape index (κ2) is 6.15. The average molecular weight is 320 g/mol. The molecule has 1 aliphatic rings. The molecule has 2 aromatic heterocycles. The predicted molar refractivity (Wildman–Crippen MR) is 93.9 cm³/mol. The maximum Gasteiger partial charge on any atom is 0.282 e. The van der Waals surface area contributed by atoms with Gasteiger partial charge in [-0.1, -0.05) is 49.1 Å². The standard InChI is InChI=1S/C19H20N4O/c1-13-7-9-14(10-8-13)18-22-17-16(20-11-12-21-17)19(24)23(18)15-5-3-2-4-6-15/h7-12,15H,2-6H2,1H3. The number of nitrogens with zero attached hydrogens (tertiary/aromatic N) is 4. The van der Waals surface area contributed by atoms with Crippen LogP contribution in [-0.2, 0) is 0 Å². The minimum absolute atomic E-state index is 0.0735.